The maximum Gasteiger partial charge on any atom is 0.227 e. The molecule has 2 aliphatic heterocycles. The van der Waals surface area contributed by atoms with Gasteiger partial charge in [0.15, 0.2) is 0 Å². The maximum absolute atomic E-state index is 12.5. The average molecular weight is 337 g/mol. The zero-order valence-corrected chi connectivity index (χ0v) is 14.0. The number of piperidine rings is 1. The van der Waals surface area contributed by atoms with Crippen molar-refractivity contribution in [1.82, 2.24) is 9.80 Å². The lowest BCUT2D eigenvalue weighted by Crippen LogP contribution is -2.44. The normalized spacial score (nSPS) is 22.5. The van der Waals surface area contributed by atoms with Crippen LogP contribution in [0, 0.1) is 5.92 Å². The summed E-state index contributed by atoms with van der Waals surface area (Å²) < 4.78 is 5.94. The van der Waals surface area contributed by atoms with Gasteiger partial charge in [-0.3, -0.25) is 9.59 Å². The van der Waals surface area contributed by atoms with Crippen LogP contribution in [-0.4, -0.2) is 54.4 Å². The number of para-hydroxylation sites is 1. The molecule has 2 amide bonds. The van der Waals surface area contributed by atoms with Crippen LogP contribution in [0.3, 0.4) is 0 Å². The molecule has 5 nitrogen and oxygen atoms in total. The topological polar surface area (TPSA) is 49.9 Å². The van der Waals surface area contributed by atoms with E-state index in [0.717, 1.165) is 12.8 Å². The highest BCUT2D eigenvalue weighted by atomic mass is 35.5. The first-order valence-electron chi connectivity index (χ1n) is 7.98. The van der Waals surface area contributed by atoms with Crippen LogP contribution in [0.25, 0.3) is 0 Å². The molecule has 0 radical (unpaired) electrons. The molecule has 1 atom stereocenters. The van der Waals surface area contributed by atoms with Crippen LogP contribution in [0.4, 0.5) is 0 Å². The van der Waals surface area contributed by atoms with Crippen molar-refractivity contribution in [2.45, 2.75) is 25.4 Å². The van der Waals surface area contributed by atoms with Crippen LogP contribution in [0.15, 0.2) is 24.3 Å². The Labute approximate surface area is 141 Å². The van der Waals surface area contributed by atoms with Crippen molar-refractivity contribution in [2.75, 3.05) is 26.7 Å². The third kappa shape index (κ3) is 3.61. The molecule has 0 aromatic heterocycles. The van der Waals surface area contributed by atoms with Gasteiger partial charge < -0.3 is 14.5 Å². The van der Waals surface area contributed by atoms with E-state index in [1.165, 1.54) is 0 Å². The van der Waals surface area contributed by atoms with Gasteiger partial charge in [0.25, 0.3) is 0 Å². The van der Waals surface area contributed by atoms with Crippen LogP contribution >= 0.6 is 11.6 Å². The highest BCUT2D eigenvalue weighted by Gasteiger charge is 2.36. The molecule has 0 saturated carbocycles. The number of halogens is 1. The van der Waals surface area contributed by atoms with Gasteiger partial charge in [-0.15, -0.1) is 0 Å². The molecule has 2 saturated heterocycles. The van der Waals surface area contributed by atoms with Crippen molar-refractivity contribution in [1.29, 1.82) is 0 Å². The molecule has 2 heterocycles. The summed E-state index contributed by atoms with van der Waals surface area (Å²) in [7, 11) is 1.75. The van der Waals surface area contributed by atoms with Gasteiger partial charge in [0.05, 0.1) is 10.9 Å². The lowest BCUT2D eigenvalue weighted by Gasteiger charge is -2.33. The Balaban J connectivity index is 1.51. The molecule has 2 aliphatic rings. The van der Waals surface area contributed by atoms with Crippen LogP contribution in [0.2, 0.25) is 5.02 Å². The van der Waals surface area contributed by atoms with E-state index in [2.05, 4.69) is 0 Å². The number of benzene rings is 1. The molecule has 0 N–H and O–H groups in total. The van der Waals surface area contributed by atoms with Crippen molar-refractivity contribution in [3.05, 3.63) is 29.3 Å². The van der Waals surface area contributed by atoms with Crippen LogP contribution in [0.1, 0.15) is 19.3 Å². The number of ether oxygens (including phenoxy) is 1. The molecule has 0 bridgehead atoms. The monoisotopic (exact) mass is 336 g/mol. The number of rotatable bonds is 3. The van der Waals surface area contributed by atoms with E-state index in [1.54, 1.807) is 11.9 Å². The average Bonchev–Trinajstić information content (AvgIpc) is 2.89. The number of likely N-dealkylation sites (tertiary alicyclic amines) is 2. The molecule has 0 aliphatic carbocycles. The zero-order valence-electron chi connectivity index (χ0n) is 13.2. The quantitative estimate of drug-likeness (QED) is 0.850. The largest absolute Gasteiger partial charge is 0.489 e. The van der Waals surface area contributed by atoms with Crippen LogP contribution < -0.4 is 4.74 Å². The number of hydrogen-bond acceptors (Lipinski definition) is 3. The van der Waals surface area contributed by atoms with Crippen LogP contribution in [-0.2, 0) is 9.59 Å². The van der Waals surface area contributed by atoms with E-state index in [-0.39, 0.29) is 23.8 Å². The standard InChI is InChI=1S/C17H21ClN2O3/c1-19-11-12(10-16(19)21)17(22)20-8-6-13(7-9-20)23-15-5-3-2-4-14(15)18/h2-5,12-13H,6-11H2,1H3/t12-/m1/s1. The summed E-state index contributed by atoms with van der Waals surface area (Å²) in [5.41, 5.74) is 0. The summed E-state index contributed by atoms with van der Waals surface area (Å²) in [6.45, 7) is 1.87. The first-order chi connectivity index (χ1) is 11.0. The minimum Gasteiger partial charge on any atom is -0.489 e. The van der Waals surface area contributed by atoms with E-state index in [0.29, 0.717) is 36.8 Å². The molecule has 3 rings (SSSR count). The van der Waals surface area contributed by atoms with E-state index < -0.39 is 0 Å². The second kappa shape index (κ2) is 6.79. The Bertz CT molecular complexity index is 599. The fourth-order valence-corrected chi connectivity index (χ4v) is 3.38. The molecule has 124 valence electrons. The van der Waals surface area contributed by atoms with Crippen molar-refractivity contribution >= 4 is 23.4 Å². The predicted molar refractivity (Wildman–Crippen MR) is 87.4 cm³/mol. The molecular weight excluding hydrogens is 316 g/mol. The van der Waals surface area contributed by atoms with Crippen molar-refractivity contribution in [3.63, 3.8) is 0 Å². The number of hydrogen-bond donors (Lipinski definition) is 0. The summed E-state index contributed by atoms with van der Waals surface area (Å²) in [5.74, 6) is 0.662. The van der Waals surface area contributed by atoms with Crippen LogP contribution in [0.5, 0.6) is 5.75 Å². The Morgan fingerprint density at radius 2 is 1.96 bits per heavy atom. The first kappa shape index (κ1) is 16.1. The van der Waals surface area contributed by atoms with Gasteiger partial charge in [-0.1, -0.05) is 23.7 Å². The highest BCUT2D eigenvalue weighted by Crippen LogP contribution is 2.27. The number of amides is 2. The fourth-order valence-electron chi connectivity index (χ4n) is 3.20. The van der Waals surface area contributed by atoms with Crippen molar-refractivity contribution in [2.24, 2.45) is 5.92 Å². The molecule has 23 heavy (non-hydrogen) atoms. The SMILES string of the molecule is CN1C[C@H](C(=O)N2CCC(Oc3ccccc3Cl)CC2)CC1=O. The lowest BCUT2D eigenvalue weighted by molar-refractivity contribution is -0.137. The predicted octanol–water partition coefficient (Wildman–Crippen LogP) is 2.19. The summed E-state index contributed by atoms with van der Waals surface area (Å²) >= 11 is 6.11. The van der Waals surface area contributed by atoms with E-state index >= 15 is 0 Å². The Morgan fingerprint density at radius 3 is 2.57 bits per heavy atom. The number of carbonyl (C=O) groups excluding carboxylic acids is 2. The summed E-state index contributed by atoms with van der Waals surface area (Å²) in [6.07, 6.45) is 1.98. The van der Waals surface area contributed by atoms with E-state index in [9.17, 15) is 9.59 Å². The maximum atomic E-state index is 12.5. The first-order valence-corrected chi connectivity index (χ1v) is 8.36. The van der Waals surface area contributed by atoms with Crippen molar-refractivity contribution in [3.8, 4) is 5.75 Å². The minimum atomic E-state index is -0.187. The lowest BCUT2D eigenvalue weighted by atomic mass is 10.0. The third-order valence-corrected chi connectivity index (χ3v) is 4.89. The highest BCUT2D eigenvalue weighted by molar-refractivity contribution is 6.32. The molecule has 0 spiro atoms. The Hall–Kier alpha value is -1.75. The van der Waals surface area contributed by atoms with E-state index in [1.807, 2.05) is 29.2 Å². The Kier molecular flexibility index (Phi) is 4.76. The number of carbonyl (C=O) groups is 2. The van der Waals surface area contributed by atoms with E-state index in [4.69, 9.17) is 16.3 Å². The summed E-state index contributed by atoms with van der Waals surface area (Å²) in [6, 6.07) is 7.44. The van der Waals surface area contributed by atoms with Gasteiger partial charge in [-0.05, 0) is 12.1 Å². The van der Waals surface area contributed by atoms with Crippen molar-refractivity contribution < 1.29 is 14.3 Å². The zero-order chi connectivity index (χ0) is 16.4. The van der Waals surface area contributed by atoms with Gasteiger partial charge in [0.2, 0.25) is 11.8 Å². The molecule has 1 aromatic carbocycles. The second-order valence-electron chi connectivity index (χ2n) is 6.25. The van der Waals surface area contributed by atoms with Gasteiger partial charge in [-0.25, -0.2) is 0 Å². The summed E-state index contributed by atoms with van der Waals surface area (Å²) in [5, 5.41) is 0.610. The molecular formula is C17H21ClN2O3. The van der Waals surface area contributed by atoms with Gasteiger partial charge in [0.1, 0.15) is 11.9 Å². The fraction of sp³-hybridized carbons (Fsp3) is 0.529. The van der Waals surface area contributed by atoms with Gasteiger partial charge >= 0.3 is 0 Å². The Morgan fingerprint density at radius 1 is 1.26 bits per heavy atom. The third-order valence-electron chi connectivity index (χ3n) is 4.57. The number of nitrogens with zero attached hydrogens (tertiary/aromatic N) is 2. The smallest absolute Gasteiger partial charge is 0.227 e. The van der Waals surface area contributed by atoms with Gasteiger partial charge in [0, 0.05) is 45.9 Å². The molecule has 2 fully saturated rings. The minimum absolute atomic E-state index is 0.0558. The second-order valence-corrected chi connectivity index (χ2v) is 6.66. The summed E-state index contributed by atoms with van der Waals surface area (Å²) in [4.78, 5) is 27.6. The molecule has 0 unspecified atom stereocenters. The van der Waals surface area contributed by atoms with Gasteiger partial charge in [-0.2, -0.15) is 0 Å². The molecule has 6 heteroatoms. The molecule has 1 aromatic rings.